The minimum absolute atomic E-state index is 0.0959. The molecule has 0 radical (unpaired) electrons. The maximum atomic E-state index is 12.2. The van der Waals surface area contributed by atoms with E-state index < -0.39 is 17.4 Å². The second kappa shape index (κ2) is 4.08. The molecule has 19 heavy (non-hydrogen) atoms. The molecule has 0 aromatic heterocycles. The number of cyclic esters (lactones) is 1. The number of fused-ring (bicyclic) bond motifs is 1. The Labute approximate surface area is 111 Å². The first-order valence-electron chi connectivity index (χ1n) is 6.57. The summed E-state index contributed by atoms with van der Waals surface area (Å²) in [6.45, 7) is 3.86. The van der Waals surface area contributed by atoms with Gasteiger partial charge < -0.3 is 9.47 Å². The van der Waals surface area contributed by atoms with Gasteiger partial charge in [0, 0.05) is 11.8 Å². The Kier molecular flexibility index (Phi) is 2.62. The van der Waals surface area contributed by atoms with Crippen LogP contribution in [-0.4, -0.2) is 24.6 Å². The topological polar surface area (TPSA) is 52.6 Å². The minimum atomic E-state index is -1.10. The van der Waals surface area contributed by atoms with Crippen molar-refractivity contribution in [2.24, 2.45) is 11.3 Å². The third-order valence-corrected chi connectivity index (χ3v) is 4.17. The summed E-state index contributed by atoms with van der Waals surface area (Å²) in [5.41, 5.74) is -0.0967. The molecule has 0 spiro atoms. The van der Waals surface area contributed by atoms with Crippen LogP contribution in [0.4, 0.5) is 0 Å². The predicted octanol–water partition coefficient (Wildman–Crippen LogP) is 1.89. The van der Waals surface area contributed by atoms with Crippen LogP contribution in [0.2, 0.25) is 0 Å². The van der Waals surface area contributed by atoms with Crippen LogP contribution in [0, 0.1) is 11.3 Å². The second-order valence-electron chi connectivity index (χ2n) is 5.11. The maximum absolute atomic E-state index is 12.2. The summed E-state index contributed by atoms with van der Waals surface area (Å²) in [4.78, 5) is 24.4. The molecular weight excluding hydrogens is 244 g/mol. The van der Waals surface area contributed by atoms with Gasteiger partial charge >= 0.3 is 11.9 Å². The van der Waals surface area contributed by atoms with Gasteiger partial charge in [-0.3, -0.25) is 9.59 Å². The first-order valence-corrected chi connectivity index (χ1v) is 6.57. The number of benzene rings is 1. The number of ether oxygens (including phenoxy) is 2. The minimum Gasteiger partial charge on any atom is -0.465 e. The lowest BCUT2D eigenvalue weighted by atomic mass is 9.99. The van der Waals surface area contributed by atoms with Crippen molar-refractivity contribution in [3.05, 3.63) is 35.9 Å². The van der Waals surface area contributed by atoms with Gasteiger partial charge in [-0.15, -0.1) is 0 Å². The molecule has 1 saturated carbocycles. The second-order valence-corrected chi connectivity index (χ2v) is 5.11. The Balaban J connectivity index is 2.00. The van der Waals surface area contributed by atoms with Gasteiger partial charge in [-0.25, -0.2) is 0 Å². The number of carbonyl (C=O) groups excluding carboxylic acids is 2. The van der Waals surface area contributed by atoms with Crippen LogP contribution in [0.5, 0.6) is 0 Å². The Bertz CT molecular complexity index is 524. The Morgan fingerprint density at radius 2 is 2.05 bits per heavy atom. The monoisotopic (exact) mass is 260 g/mol. The molecule has 4 nitrogen and oxygen atoms in total. The van der Waals surface area contributed by atoms with E-state index in [0.29, 0.717) is 0 Å². The summed E-state index contributed by atoms with van der Waals surface area (Å²) in [6.07, 6.45) is -0.234. The highest BCUT2D eigenvalue weighted by Gasteiger charge is 2.82. The number of hydrogen-bond acceptors (Lipinski definition) is 4. The maximum Gasteiger partial charge on any atom is 0.324 e. The van der Waals surface area contributed by atoms with Crippen LogP contribution < -0.4 is 0 Å². The van der Waals surface area contributed by atoms with E-state index >= 15 is 0 Å². The van der Waals surface area contributed by atoms with Gasteiger partial charge in [0.15, 0.2) is 5.41 Å². The fraction of sp³-hybridized carbons (Fsp3) is 0.467. The van der Waals surface area contributed by atoms with E-state index in [1.807, 2.05) is 37.3 Å². The van der Waals surface area contributed by atoms with Crippen molar-refractivity contribution in [1.82, 2.24) is 0 Å². The Morgan fingerprint density at radius 1 is 1.37 bits per heavy atom. The molecule has 1 heterocycles. The van der Waals surface area contributed by atoms with Crippen LogP contribution in [-0.2, 0) is 19.1 Å². The molecule has 1 aromatic rings. The van der Waals surface area contributed by atoms with E-state index in [-0.39, 0.29) is 24.5 Å². The molecule has 4 heteroatoms. The molecule has 0 amide bonds. The molecule has 1 aliphatic carbocycles. The molecule has 0 unspecified atom stereocenters. The predicted molar refractivity (Wildman–Crippen MR) is 67.3 cm³/mol. The lowest BCUT2D eigenvalue weighted by molar-refractivity contribution is -0.161. The summed E-state index contributed by atoms with van der Waals surface area (Å²) in [5.74, 6) is -1.08. The highest BCUT2D eigenvalue weighted by Crippen LogP contribution is 2.71. The van der Waals surface area contributed by atoms with Gasteiger partial charge in [0.1, 0.15) is 6.10 Å². The van der Waals surface area contributed by atoms with Crippen molar-refractivity contribution in [2.75, 3.05) is 6.61 Å². The molecule has 1 aromatic carbocycles. The van der Waals surface area contributed by atoms with Crippen LogP contribution >= 0.6 is 0 Å². The van der Waals surface area contributed by atoms with Crippen molar-refractivity contribution >= 4 is 11.9 Å². The van der Waals surface area contributed by atoms with Gasteiger partial charge in [-0.2, -0.15) is 0 Å². The van der Waals surface area contributed by atoms with E-state index in [1.54, 1.807) is 6.92 Å². The van der Waals surface area contributed by atoms with Crippen LogP contribution in [0.15, 0.2) is 30.3 Å². The van der Waals surface area contributed by atoms with Gasteiger partial charge in [0.2, 0.25) is 0 Å². The highest BCUT2D eigenvalue weighted by molar-refractivity contribution is 6.07. The average molecular weight is 260 g/mol. The summed E-state index contributed by atoms with van der Waals surface area (Å²) in [6, 6.07) is 9.64. The van der Waals surface area contributed by atoms with Crippen molar-refractivity contribution < 1.29 is 19.1 Å². The third-order valence-electron chi connectivity index (χ3n) is 4.17. The van der Waals surface area contributed by atoms with E-state index in [4.69, 9.17) is 9.47 Å². The summed E-state index contributed by atoms with van der Waals surface area (Å²) in [5, 5.41) is 0. The van der Waals surface area contributed by atoms with Crippen molar-refractivity contribution in [3.63, 3.8) is 0 Å². The van der Waals surface area contributed by atoms with Crippen LogP contribution in [0.1, 0.15) is 25.3 Å². The number of carbonyl (C=O) groups is 2. The molecule has 1 aliphatic heterocycles. The summed E-state index contributed by atoms with van der Waals surface area (Å²) < 4.78 is 10.3. The van der Waals surface area contributed by atoms with E-state index in [9.17, 15) is 9.59 Å². The van der Waals surface area contributed by atoms with Crippen LogP contribution in [0.25, 0.3) is 0 Å². The molecule has 2 fully saturated rings. The number of rotatable bonds is 3. The van der Waals surface area contributed by atoms with E-state index in [1.165, 1.54) is 0 Å². The standard InChI is InChI=1S/C15H16O4/c1-3-18-13(16)15-11(9(2)19-14(15)17)12(15)10-7-5-4-6-8-10/h4-9,11-12H,3H2,1-2H3/t9-,11+,12+,15+/m0/s1. The molecule has 0 N–H and O–H groups in total. The molecule has 4 atom stereocenters. The summed E-state index contributed by atoms with van der Waals surface area (Å²) >= 11 is 0. The van der Waals surface area contributed by atoms with E-state index in [0.717, 1.165) is 5.56 Å². The lowest BCUT2D eigenvalue weighted by Crippen LogP contribution is -2.29. The zero-order valence-corrected chi connectivity index (χ0v) is 11.0. The molecule has 0 bridgehead atoms. The zero-order chi connectivity index (χ0) is 13.6. The number of esters is 2. The van der Waals surface area contributed by atoms with Gasteiger partial charge in [-0.1, -0.05) is 30.3 Å². The lowest BCUT2D eigenvalue weighted by Gasteiger charge is -2.14. The Morgan fingerprint density at radius 3 is 2.68 bits per heavy atom. The smallest absolute Gasteiger partial charge is 0.324 e. The SMILES string of the molecule is CCOC(=O)[C@@]12C(=O)O[C@@H](C)[C@@H]1[C@H]2c1ccccc1. The average Bonchev–Trinajstić information content (AvgIpc) is 3.04. The zero-order valence-electron chi connectivity index (χ0n) is 11.0. The molecule has 2 aliphatic rings. The van der Waals surface area contributed by atoms with Crippen molar-refractivity contribution in [3.8, 4) is 0 Å². The first-order chi connectivity index (χ1) is 9.14. The summed E-state index contributed by atoms with van der Waals surface area (Å²) in [7, 11) is 0. The van der Waals surface area contributed by atoms with Crippen molar-refractivity contribution in [1.29, 1.82) is 0 Å². The normalized spacial score (nSPS) is 35.5. The highest BCUT2D eigenvalue weighted by atomic mass is 16.6. The molecule has 3 rings (SSSR count). The fourth-order valence-corrected chi connectivity index (χ4v) is 3.39. The van der Waals surface area contributed by atoms with Crippen molar-refractivity contribution in [2.45, 2.75) is 25.9 Å². The fourth-order valence-electron chi connectivity index (χ4n) is 3.39. The number of hydrogen-bond donors (Lipinski definition) is 0. The van der Waals surface area contributed by atoms with Gasteiger partial charge in [0.05, 0.1) is 6.61 Å². The molecular formula is C15H16O4. The largest absolute Gasteiger partial charge is 0.465 e. The first kappa shape index (κ1) is 12.2. The van der Waals surface area contributed by atoms with Crippen LogP contribution in [0.3, 0.4) is 0 Å². The molecule has 1 saturated heterocycles. The van der Waals surface area contributed by atoms with Gasteiger partial charge in [0.25, 0.3) is 0 Å². The molecule has 100 valence electrons. The van der Waals surface area contributed by atoms with E-state index in [2.05, 4.69) is 0 Å². The van der Waals surface area contributed by atoms with Gasteiger partial charge in [-0.05, 0) is 19.4 Å². The quantitative estimate of drug-likeness (QED) is 0.615. The third kappa shape index (κ3) is 1.46. The Hall–Kier alpha value is -1.84.